The van der Waals surface area contributed by atoms with Crippen LogP contribution in [-0.4, -0.2) is 13.1 Å². The van der Waals surface area contributed by atoms with E-state index >= 15 is 0 Å². The average molecular weight is 97.1 g/mol. The Balaban J connectivity index is 2.40. The molecular formula is C5H9N2. The van der Waals surface area contributed by atoms with Crippen molar-refractivity contribution < 1.29 is 0 Å². The molecule has 0 aromatic carbocycles. The Morgan fingerprint density at radius 1 is 1.71 bits per heavy atom. The summed E-state index contributed by atoms with van der Waals surface area (Å²) in [5, 5.41) is 3.08. The number of hydrogen-bond acceptors (Lipinski definition) is 1. The zero-order chi connectivity index (χ0) is 5.11. The predicted octanol–water partition coefficient (Wildman–Crippen LogP) is 0.146. The van der Waals surface area contributed by atoms with Gasteiger partial charge in [0.1, 0.15) is 0 Å². The molecule has 2 nitrogen and oxygen atoms in total. The molecule has 0 amide bonds. The van der Waals surface area contributed by atoms with Gasteiger partial charge in [0.15, 0.2) is 0 Å². The van der Waals surface area contributed by atoms with Gasteiger partial charge >= 0.3 is 0 Å². The van der Waals surface area contributed by atoms with E-state index in [4.69, 9.17) is 5.73 Å². The van der Waals surface area contributed by atoms with Crippen molar-refractivity contribution in [2.24, 2.45) is 0 Å². The monoisotopic (exact) mass is 97.1 g/mol. The van der Waals surface area contributed by atoms with Gasteiger partial charge < -0.3 is 11.1 Å². The van der Waals surface area contributed by atoms with Crippen molar-refractivity contribution in [3.05, 3.63) is 11.8 Å². The summed E-state index contributed by atoms with van der Waals surface area (Å²) >= 11 is 0. The Kier molecular flexibility index (Phi) is 1.32. The van der Waals surface area contributed by atoms with E-state index in [1.165, 1.54) is 0 Å². The van der Waals surface area contributed by atoms with Crippen LogP contribution in [0.25, 0.3) is 0 Å². The van der Waals surface area contributed by atoms with Crippen LogP contribution in [0.1, 0.15) is 6.42 Å². The minimum absolute atomic E-state index is 0.728. The van der Waals surface area contributed by atoms with Crippen molar-refractivity contribution in [3.63, 3.8) is 0 Å². The van der Waals surface area contributed by atoms with E-state index in [0.29, 0.717) is 0 Å². The highest BCUT2D eigenvalue weighted by atomic mass is 14.9. The maximum Gasteiger partial charge on any atom is 0.0412 e. The highest BCUT2D eigenvalue weighted by molar-refractivity contribution is 5.01. The Morgan fingerprint density at radius 2 is 2.57 bits per heavy atom. The first-order valence-corrected chi connectivity index (χ1v) is 2.51. The Labute approximate surface area is 43.4 Å². The molecule has 0 bridgehead atoms. The molecule has 1 aliphatic heterocycles. The maximum absolute atomic E-state index is 7.07. The van der Waals surface area contributed by atoms with Crippen LogP contribution in [0.2, 0.25) is 0 Å². The normalized spacial score (nSPS) is 21.4. The Morgan fingerprint density at radius 3 is 2.86 bits per heavy atom. The molecule has 2 heteroatoms. The molecule has 0 aromatic rings. The molecule has 1 heterocycles. The lowest BCUT2D eigenvalue weighted by Gasteiger charge is -2.07. The van der Waals surface area contributed by atoms with Gasteiger partial charge in [-0.1, -0.05) is 6.08 Å². The second-order valence-corrected chi connectivity index (χ2v) is 1.69. The molecule has 39 valence electrons. The van der Waals surface area contributed by atoms with Crippen molar-refractivity contribution in [2.75, 3.05) is 13.1 Å². The van der Waals surface area contributed by atoms with Crippen LogP contribution < -0.4 is 11.1 Å². The highest BCUT2D eigenvalue weighted by Crippen LogP contribution is 1.92. The average Bonchev–Trinajstić information content (AvgIpc) is 1.69. The molecule has 2 N–H and O–H groups in total. The fourth-order valence-corrected chi connectivity index (χ4v) is 0.644. The molecule has 7 heavy (non-hydrogen) atoms. The zero-order valence-electron chi connectivity index (χ0n) is 4.20. The Bertz CT molecular complexity index is 86.1. The first kappa shape index (κ1) is 4.65. The molecule has 0 atom stereocenters. The van der Waals surface area contributed by atoms with Gasteiger partial charge in [-0.3, -0.25) is 0 Å². The standard InChI is InChI=1S/C5H9N2/c6-5-2-1-3-7-4-5/h2,6-7H,1,3-4H2. The SMILES string of the molecule is [NH]C1=CCCNC1. The molecule has 1 radical (unpaired) electrons. The van der Waals surface area contributed by atoms with Crippen molar-refractivity contribution in [1.82, 2.24) is 11.1 Å². The fourth-order valence-electron chi connectivity index (χ4n) is 0.644. The van der Waals surface area contributed by atoms with Gasteiger partial charge in [0, 0.05) is 12.2 Å². The lowest BCUT2D eigenvalue weighted by molar-refractivity contribution is 0.694. The summed E-state index contributed by atoms with van der Waals surface area (Å²) in [5.74, 6) is 0. The largest absolute Gasteiger partial charge is 0.311 e. The van der Waals surface area contributed by atoms with E-state index in [0.717, 1.165) is 25.2 Å². The summed E-state index contributed by atoms with van der Waals surface area (Å²) in [6.07, 6.45) is 2.98. The summed E-state index contributed by atoms with van der Waals surface area (Å²) in [7, 11) is 0. The van der Waals surface area contributed by atoms with Gasteiger partial charge in [-0.25, -0.2) is 0 Å². The van der Waals surface area contributed by atoms with Crippen LogP contribution in [0.5, 0.6) is 0 Å². The van der Waals surface area contributed by atoms with Crippen LogP contribution in [0.15, 0.2) is 11.8 Å². The number of nitrogens with one attached hydrogen (secondary N) is 2. The second kappa shape index (κ2) is 1.98. The molecule has 1 aliphatic rings. The van der Waals surface area contributed by atoms with Crippen LogP contribution in [-0.2, 0) is 0 Å². The lowest BCUT2D eigenvalue weighted by Crippen LogP contribution is -2.22. The van der Waals surface area contributed by atoms with Crippen molar-refractivity contribution in [1.29, 1.82) is 0 Å². The maximum atomic E-state index is 7.07. The van der Waals surface area contributed by atoms with E-state index in [2.05, 4.69) is 5.32 Å². The van der Waals surface area contributed by atoms with E-state index < -0.39 is 0 Å². The van der Waals surface area contributed by atoms with E-state index in [1.807, 2.05) is 6.08 Å². The molecular weight excluding hydrogens is 88.1 g/mol. The van der Waals surface area contributed by atoms with Crippen LogP contribution in [0, 0.1) is 0 Å². The van der Waals surface area contributed by atoms with Gasteiger partial charge in [-0.05, 0) is 13.0 Å². The minimum Gasteiger partial charge on any atom is -0.311 e. The zero-order valence-corrected chi connectivity index (χ0v) is 4.20. The summed E-state index contributed by atoms with van der Waals surface area (Å²) in [6.45, 7) is 1.81. The topological polar surface area (TPSA) is 35.8 Å². The lowest BCUT2D eigenvalue weighted by atomic mass is 10.2. The number of rotatable bonds is 0. The smallest absolute Gasteiger partial charge is 0.0412 e. The fraction of sp³-hybridized carbons (Fsp3) is 0.600. The molecule has 0 aliphatic carbocycles. The van der Waals surface area contributed by atoms with Gasteiger partial charge in [0.2, 0.25) is 0 Å². The molecule has 0 aromatic heterocycles. The van der Waals surface area contributed by atoms with Crippen molar-refractivity contribution >= 4 is 0 Å². The van der Waals surface area contributed by atoms with Gasteiger partial charge in [-0.2, -0.15) is 0 Å². The van der Waals surface area contributed by atoms with E-state index in [-0.39, 0.29) is 0 Å². The molecule has 0 spiro atoms. The first-order valence-electron chi connectivity index (χ1n) is 2.51. The van der Waals surface area contributed by atoms with Crippen LogP contribution in [0.4, 0.5) is 0 Å². The molecule has 1 rings (SSSR count). The molecule has 0 saturated heterocycles. The third-order valence-electron chi connectivity index (χ3n) is 1.03. The third-order valence-corrected chi connectivity index (χ3v) is 1.03. The van der Waals surface area contributed by atoms with Gasteiger partial charge in [-0.15, -0.1) is 0 Å². The first-order chi connectivity index (χ1) is 3.39. The van der Waals surface area contributed by atoms with E-state index in [1.54, 1.807) is 0 Å². The number of hydrogen-bond donors (Lipinski definition) is 1. The quantitative estimate of drug-likeness (QED) is 0.458. The summed E-state index contributed by atoms with van der Waals surface area (Å²) < 4.78 is 0. The van der Waals surface area contributed by atoms with Gasteiger partial charge in [0.25, 0.3) is 0 Å². The summed E-state index contributed by atoms with van der Waals surface area (Å²) in [5.41, 5.74) is 7.80. The molecule has 0 saturated carbocycles. The van der Waals surface area contributed by atoms with Crippen LogP contribution in [0.3, 0.4) is 0 Å². The second-order valence-electron chi connectivity index (χ2n) is 1.69. The summed E-state index contributed by atoms with van der Waals surface area (Å²) in [6, 6.07) is 0. The van der Waals surface area contributed by atoms with E-state index in [9.17, 15) is 0 Å². The Hall–Kier alpha value is -0.500. The summed E-state index contributed by atoms with van der Waals surface area (Å²) in [4.78, 5) is 0. The van der Waals surface area contributed by atoms with Crippen LogP contribution >= 0.6 is 0 Å². The highest BCUT2D eigenvalue weighted by Gasteiger charge is 1.95. The van der Waals surface area contributed by atoms with Crippen molar-refractivity contribution in [2.45, 2.75) is 6.42 Å². The predicted molar refractivity (Wildman–Crippen MR) is 28.7 cm³/mol. The molecule has 0 unspecified atom stereocenters. The third kappa shape index (κ3) is 1.20. The van der Waals surface area contributed by atoms with Crippen molar-refractivity contribution in [3.8, 4) is 0 Å². The molecule has 0 fully saturated rings. The minimum atomic E-state index is 0.728. The van der Waals surface area contributed by atoms with Gasteiger partial charge in [0.05, 0.1) is 0 Å².